The summed E-state index contributed by atoms with van der Waals surface area (Å²) in [6.07, 6.45) is 0. The minimum Gasteiger partial charge on any atom is -0.464 e. The van der Waals surface area contributed by atoms with Crippen molar-refractivity contribution in [2.75, 3.05) is 23.0 Å². The average Bonchev–Trinajstić information content (AvgIpc) is 2.97. The summed E-state index contributed by atoms with van der Waals surface area (Å²) < 4.78 is 5.41. The van der Waals surface area contributed by atoms with E-state index in [0.29, 0.717) is 12.5 Å². The van der Waals surface area contributed by atoms with Gasteiger partial charge in [0.25, 0.3) is 0 Å². The van der Waals surface area contributed by atoms with Gasteiger partial charge in [-0.3, -0.25) is 9.59 Å². The number of ether oxygens (including phenoxy) is 1. The zero-order chi connectivity index (χ0) is 22.0. The van der Waals surface area contributed by atoms with Crippen LogP contribution < -0.4 is 9.80 Å². The van der Waals surface area contributed by atoms with E-state index in [1.54, 1.807) is 0 Å². The van der Waals surface area contributed by atoms with E-state index in [2.05, 4.69) is 40.8 Å². The zero-order valence-corrected chi connectivity index (χ0v) is 18.5. The highest BCUT2D eigenvalue weighted by atomic mass is 16.5. The molecule has 1 aliphatic rings. The number of carbonyl (C=O) groups is 2. The van der Waals surface area contributed by atoms with Gasteiger partial charge in [0, 0.05) is 19.5 Å². The maximum Gasteiger partial charge on any atom is 0.302 e. The molecule has 1 unspecified atom stereocenters. The van der Waals surface area contributed by atoms with E-state index in [1.807, 2.05) is 38.1 Å². The number of carbonyl (C=O) groups excluding carboxylic acids is 2. The lowest BCUT2D eigenvalue weighted by Gasteiger charge is -2.29. The molecule has 1 saturated heterocycles. The van der Waals surface area contributed by atoms with Gasteiger partial charge in [0.2, 0.25) is 11.9 Å². The van der Waals surface area contributed by atoms with Crippen LogP contribution in [0.3, 0.4) is 0 Å². The summed E-state index contributed by atoms with van der Waals surface area (Å²) in [5.41, 5.74) is 6.36. The van der Waals surface area contributed by atoms with Gasteiger partial charge < -0.3 is 14.5 Å². The Labute approximate surface area is 178 Å². The summed E-state index contributed by atoms with van der Waals surface area (Å²) in [5.74, 6) is -0.0351. The van der Waals surface area contributed by atoms with Gasteiger partial charge in [0.15, 0.2) is 0 Å². The summed E-state index contributed by atoms with van der Waals surface area (Å²) in [5, 5.41) is 0. The molecule has 0 N–H and O–H groups in total. The molecule has 1 aliphatic heterocycles. The van der Waals surface area contributed by atoms with Crippen molar-refractivity contribution in [2.24, 2.45) is 4.99 Å². The Balaban J connectivity index is 2.21. The number of esters is 1. The van der Waals surface area contributed by atoms with Gasteiger partial charge in [0.05, 0.1) is 18.3 Å². The van der Waals surface area contributed by atoms with Crippen LogP contribution in [0.4, 0.5) is 11.4 Å². The molecule has 0 bridgehead atoms. The zero-order valence-electron chi connectivity index (χ0n) is 18.5. The third-order valence-corrected chi connectivity index (χ3v) is 5.34. The second kappa shape index (κ2) is 8.69. The largest absolute Gasteiger partial charge is 0.464 e. The Kier molecular flexibility index (Phi) is 6.25. The number of rotatable bonds is 4. The molecule has 0 radical (unpaired) electrons. The number of hydrogen-bond acceptors (Lipinski definition) is 3. The van der Waals surface area contributed by atoms with E-state index in [1.165, 1.54) is 13.8 Å². The first-order chi connectivity index (χ1) is 14.2. The minimum atomic E-state index is -0.327. The van der Waals surface area contributed by atoms with Crippen LogP contribution in [0.25, 0.3) is 0 Å². The van der Waals surface area contributed by atoms with E-state index in [0.717, 1.165) is 33.6 Å². The van der Waals surface area contributed by atoms with E-state index >= 15 is 0 Å². The number of aliphatic imine (C=N–C) groups is 1. The summed E-state index contributed by atoms with van der Waals surface area (Å²) in [6, 6.07) is 12.0. The fourth-order valence-corrected chi connectivity index (χ4v) is 4.15. The molecule has 2 aromatic carbocycles. The number of guanidine groups is 1. The number of amides is 1. The van der Waals surface area contributed by atoms with Gasteiger partial charge in [-0.05, 0) is 49.9 Å². The quantitative estimate of drug-likeness (QED) is 0.715. The second-order valence-corrected chi connectivity index (χ2v) is 7.85. The van der Waals surface area contributed by atoms with Crippen LogP contribution in [-0.2, 0) is 14.3 Å². The standard InChI is InChI=1S/C24H29N3O3/c1-15-9-7-10-16(2)22(15)26-13-21(14-30-20(6)29)27(24(26)25-19(5)28)23-17(3)11-8-12-18(23)4/h7-12,21H,13-14H2,1-6H3. The maximum absolute atomic E-state index is 12.1. The molecule has 1 heterocycles. The highest BCUT2D eigenvalue weighted by Gasteiger charge is 2.40. The number of hydrogen-bond donors (Lipinski definition) is 0. The molecule has 3 rings (SSSR count). The number of aryl methyl sites for hydroxylation is 4. The van der Waals surface area contributed by atoms with Crippen LogP contribution >= 0.6 is 0 Å². The topological polar surface area (TPSA) is 62.2 Å². The molecule has 30 heavy (non-hydrogen) atoms. The van der Waals surface area contributed by atoms with Crippen molar-refractivity contribution >= 4 is 29.2 Å². The highest BCUT2D eigenvalue weighted by Crippen LogP contribution is 2.36. The van der Waals surface area contributed by atoms with Crippen molar-refractivity contribution in [1.82, 2.24) is 0 Å². The third-order valence-electron chi connectivity index (χ3n) is 5.34. The molecule has 158 valence electrons. The molecule has 0 spiro atoms. The lowest BCUT2D eigenvalue weighted by atomic mass is 10.1. The number of nitrogens with zero attached hydrogens (tertiary/aromatic N) is 3. The van der Waals surface area contributed by atoms with Crippen LogP contribution in [0.1, 0.15) is 36.1 Å². The molecule has 1 fully saturated rings. The molecular weight excluding hydrogens is 378 g/mol. The molecule has 0 saturated carbocycles. The van der Waals surface area contributed by atoms with Gasteiger partial charge in [-0.1, -0.05) is 36.4 Å². The Morgan fingerprint density at radius 2 is 1.43 bits per heavy atom. The molecule has 1 amide bonds. The fourth-order valence-electron chi connectivity index (χ4n) is 4.15. The van der Waals surface area contributed by atoms with Crippen LogP contribution in [-0.4, -0.2) is 37.0 Å². The van der Waals surface area contributed by atoms with Crippen LogP contribution in [0, 0.1) is 27.7 Å². The van der Waals surface area contributed by atoms with E-state index in [-0.39, 0.29) is 24.5 Å². The first-order valence-corrected chi connectivity index (χ1v) is 10.1. The highest BCUT2D eigenvalue weighted by molar-refractivity contribution is 6.15. The molecular formula is C24H29N3O3. The normalized spacial score (nSPS) is 17.5. The van der Waals surface area contributed by atoms with E-state index in [4.69, 9.17) is 4.74 Å². The predicted molar refractivity (Wildman–Crippen MR) is 120 cm³/mol. The van der Waals surface area contributed by atoms with Gasteiger partial charge in [-0.25, -0.2) is 0 Å². The summed E-state index contributed by atoms with van der Waals surface area (Å²) in [7, 11) is 0. The molecule has 6 nitrogen and oxygen atoms in total. The first kappa shape index (κ1) is 21.6. The molecule has 0 aromatic heterocycles. The lowest BCUT2D eigenvalue weighted by molar-refractivity contribution is -0.141. The predicted octanol–water partition coefficient (Wildman–Crippen LogP) is 4.08. The Morgan fingerprint density at radius 3 is 1.90 bits per heavy atom. The molecule has 6 heteroatoms. The van der Waals surface area contributed by atoms with Crippen molar-refractivity contribution in [3.63, 3.8) is 0 Å². The smallest absolute Gasteiger partial charge is 0.302 e. The summed E-state index contributed by atoms with van der Waals surface area (Å²) >= 11 is 0. The Hall–Kier alpha value is -3.15. The van der Waals surface area contributed by atoms with Gasteiger partial charge in [0.1, 0.15) is 6.61 Å². The van der Waals surface area contributed by atoms with Gasteiger partial charge in [-0.15, -0.1) is 0 Å². The molecule has 1 atom stereocenters. The van der Waals surface area contributed by atoms with Crippen LogP contribution in [0.15, 0.2) is 41.4 Å². The first-order valence-electron chi connectivity index (χ1n) is 10.1. The second-order valence-electron chi connectivity index (χ2n) is 7.85. The monoisotopic (exact) mass is 407 g/mol. The van der Waals surface area contributed by atoms with Crippen LogP contribution in [0.5, 0.6) is 0 Å². The van der Waals surface area contributed by atoms with Crippen molar-refractivity contribution < 1.29 is 14.3 Å². The van der Waals surface area contributed by atoms with Crippen molar-refractivity contribution in [2.45, 2.75) is 47.6 Å². The summed E-state index contributed by atoms with van der Waals surface area (Å²) in [4.78, 5) is 32.3. The number of anilines is 2. The van der Waals surface area contributed by atoms with Gasteiger partial charge >= 0.3 is 5.97 Å². The minimum absolute atomic E-state index is 0.175. The summed E-state index contributed by atoms with van der Waals surface area (Å²) in [6.45, 7) is 11.8. The molecule has 2 aromatic rings. The Morgan fingerprint density at radius 1 is 0.933 bits per heavy atom. The van der Waals surface area contributed by atoms with Crippen molar-refractivity contribution in [3.8, 4) is 0 Å². The van der Waals surface area contributed by atoms with Crippen molar-refractivity contribution in [3.05, 3.63) is 58.7 Å². The third kappa shape index (κ3) is 4.22. The number of para-hydroxylation sites is 2. The van der Waals surface area contributed by atoms with Crippen molar-refractivity contribution in [1.29, 1.82) is 0 Å². The van der Waals surface area contributed by atoms with Crippen LogP contribution in [0.2, 0.25) is 0 Å². The number of benzene rings is 2. The van der Waals surface area contributed by atoms with E-state index < -0.39 is 0 Å². The Bertz CT molecular complexity index is 972. The maximum atomic E-state index is 12.1. The van der Waals surface area contributed by atoms with E-state index in [9.17, 15) is 9.59 Å². The lowest BCUT2D eigenvalue weighted by Crippen LogP contribution is -2.40. The molecule has 0 aliphatic carbocycles. The average molecular weight is 408 g/mol. The SMILES string of the molecule is CC(=O)N=C1N(c2c(C)cccc2C)CC(COC(C)=O)N1c1c(C)cccc1C. The fraction of sp³-hybridized carbons (Fsp3) is 0.375. The van der Waals surface area contributed by atoms with Gasteiger partial charge in [-0.2, -0.15) is 4.99 Å².